The first-order chi connectivity index (χ1) is 15.8. The molecule has 0 aliphatic carbocycles. The highest BCUT2D eigenvalue weighted by Gasteiger charge is 2.22. The lowest BCUT2D eigenvalue weighted by Crippen LogP contribution is -2.28. The van der Waals surface area contributed by atoms with Crippen LogP contribution >= 0.6 is 22.9 Å². The number of hydrogen-bond acceptors (Lipinski definition) is 5. The van der Waals surface area contributed by atoms with Crippen molar-refractivity contribution in [3.8, 4) is 11.3 Å². The summed E-state index contributed by atoms with van der Waals surface area (Å²) in [5, 5.41) is 6.91. The van der Waals surface area contributed by atoms with Crippen LogP contribution in [0, 0.1) is 5.82 Å². The molecule has 11 heteroatoms. The topological polar surface area (TPSA) is 100 Å². The molecule has 3 rings (SSSR count). The van der Waals surface area contributed by atoms with E-state index in [4.69, 9.17) is 16.6 Å². The lowest BCUT2D eigenvalue weighted by Gasteiger charge is -2.13. The number of halogens is 2. The first kappa shape index (κ1) is 26.1. The van der Waals surface area contributed by atoms with Gasteiger partial charge in [0, 0.05) is 33.8 Å². The quantitative estimate of drug-likeness (QED) is 0.392. The van der Waals surface area contributed by atoms with E-state index in [0.29, 0.717) is 5.02 Å². The molecule has 0 atom stereocenters. The van der Waals surface area contributed by atoms with Crippen molar-refractivity contribution >= 4 is 44.7 Å². The summed E-state index contributed by atoms with van der Waals surface area (Å²) in [6.45, 7) is 6.26. The van der Waals surface area contributed by atoms with Gasteiger partial charge in [0.2, 0.25) is 10.0 Å². The van der Waals surface area contributed by atoms with Gasteiger partial charge in [-0.1, -0.05) is 50.6 Å². The molecule has 182 valence electrons. The largest absolute Gasteiger partial charge is 0.333 e. The van der Waals surface area contributed by atoms with Crippen LogP contribution in [0.4, 0.5) is 14.9 Å². The second-order valence-electron chi connectivity index (χ2n) is 8.76. The first-order valence-electron chi connectivity index (χ1n) is 10.4. The number of thiazole rings is 1. The molecule has 3 N–H and O–H groups in total. The summed E-state index contributed by atoms with van der Waals surface area (Å²) in [6.07, 6.45) is 0.997. The van der Waals surface area contributed by atoms with Crippen molar-refractivity contribution in [2.45, 2.75) is 39.3 Å². The molecule has 34 heavy (non-hydrogen) atoms. The molecule has 0 saturated carbocycles. The fourth-order valence-electron chi connectivity index (χ4n) is 2.97. The smallest absolute Gasteiger partial charge is 0.319 e. The van der Waals surface area contributed by atoms with Gasteiger partial charge in [0.1, 0.15) is 5.82 Å². The maximum absolute atomic E-state index is 14.3. The molecule has 2 aromatic carbocycles. The van der Waals surface area contributed by atoms with Crippen LogP contribution in [0.5, 0.6) is 0 Å². The van der Waals surface area contributed by atoms with Gasteiger partial charge in [0.15, 0.2) is 0 Å². The van der Waals surface area contributed by atoms with E-state index in [1.165, 1.54) is 23.5 Å². The molecular formula is C23H26ClFN4O3S2. The average Bonchev–Trinajstić information content (AvgIpc) is 3.16. The highest BCUT2D eigenvalue weighted by atomic mass is 35.5. The van der Waals surface area contributed by atoms with Crippen molar-refractivity contribution in [2.24, 2.45) is 0 Å². The normalized spacial score (nSPS) is 11.9. The number of rotatable bonds is 7. The Morgan fingerprint density at radius 1 is 1.15 bits per heavy atom. The third-order valence-electron chi connectivity index (χ3n) is 4.68. The van der Waals surface area contributed by atoms with E-state index in [1.807, 2.05) is 18.2 Å². The van der Waals surface area contributed by atoms with E-state index >= 15 is 0 Å². The molecule has 3 aromatic rings. The summed E-state index contributed by atoms with van der Waals surface area (Å²) in [5.74, 6) is -0.630. The summed E-state index contributed by atoms with van der Waals surface area (Å²) in [6, 6.07) is 10.9. The zero-order valence-electron chi connectivity index (χ0n) is 19.2. The maximum Gasteiger partial charge on any atom is 0.319 e. The Balaban J connectivity index is 1.71. The summed E-state index contributed by atoms with van der Waals surface area (Å²) in [4.78, 5) is 18.1. The number of carbonyl (C=O) groups excluding carboxylic acids is 1. The van der Waals surface area contributed by atoms with Crippen LogP contribution in [0.2, 0.25) is 5.02 Å². The van der Waals surface area contributed by atoms with Crippen molar-refractivity contribution in [3.63, 3.8) is 0 Å². The van der Waals surface area contributed by atoms with Gasteiger partial charge in [-0.3, -0.25) is 0 Å². The molecule has 0 radical (unpaired) electrons. The number of urea groups is 1. The monoisotopic (exact) mass is 524 g/mol. The van der Waals surface area contributed by atoms with Crippen LogP contribution in [0.25, 0.3) is 11.3 Å². The molecule has 0 bridgehead atoms. The number of benzene rings is 2. The molecule has 0 saturated heterocycles. The van der Waals surface area contributed by atoms with Crippen molar-refractivity contribution in [1.82, 2.24) is 15.0 Å². The second-order valence-corrected chi connectivity index (χ2v) is 12.1. The number of aromatic nitrogens is 1. The van der Waals surface area contributed by atoms with E-state index in [9.17, 15) is 17.6 Å². The van der Waals surface area contributed by atoms with Gasteiger partial charge in [0.05, 0.1) is 28.4 Å². The second kappa shape index (κ2) is 10.4. The van der Waals surface area contributed by atoms with Crippen LogP contribution in [0.3, 0.4) is 0 Å². The van der Waals surface area contributed by atoms with Gasteiger partial charge in [-0.05, 0) is 24.3 Å². The van der Waals surface area contributed by atoms with Gasteiger partial charge in [-0.2, -0.15) is 0 Å². The number of hydrogen-bond donors (Lipinski definition) is 3. The third kappa shape index (κ3) is 7.23. The molecule has 0 spiro atoms. The van der Waals surface area contributed by atoms with E-state index in [2.05, 4.69) is 36.1 Å². The van der Waals surface area contributed by atoms with Crippen molar-refractivity contribution in [3.05, 3.63) is 68.8 Å². The molecule has 0 aliphatic rings. The zero-order valence-corrected chi connectivity index (χ0v) is 21.6. The van der Waals surface area contributed by atoms with Crippen LogP contribution in [-0.2, 0) is 28.5 Å². The molecule has 1 aromatic heterocycles. The molecule has 0 fully saturated rings. The minimum atomic E-state index is -3.44. The Labute approximate surface area is 207 Å². The Morgan fingerprint density at radius 2 is 1.88 bits per heavy atom. The van der Waals surface area contributed by atoms with Gasteiger partial charge < -0.3 is 10.6 Å². The van der Waals surface area contributed by atoms with Crippen LogP contribution in [0.15, 0.2) is 42.5 Å². The standard InChI is InChI=1S/C23H26ClFN4O3S2/c1-23(2,3)21-29-20(14-6-5-7-16(24)10-14)19(33-21)13-26-22(30)28-17-9-8-15(18(25)11-17)12-27-34(4,31)32/h5-11,27H,12-13H2,1-4H3,(H2,26,28,30). The number of anilines is 1. The third-order valence-corrected chi connectivity index (χ3v) is 7.07. The number of carbonyl (C=O) groups is 1. The van der Waals surface area contributed by atoms with E-state index in [0.717, 1.165) is 33.5 Å². The summed E-state index contributed by atoms with van der Waals surface area (Å²) in [5.41, 5.74) is 1.86. The number of nitrogens with one attached hydrogen (secondary N) is 3. The number of sulfonamides is 1. The van der Waals surface area contributed by atoms with Crippen molar-refractivity contribution in [1.29, 1.82) is 0 Å². The summed E-state index contributed by atoms with van der Waals surface area (Å²) >= 11 is 7.67. The van der Waals surface area contributed by atoms with E-state index in [1.54, 1.807) is 6.07 Å². The van der Waals surface area contributed by atoms with Crippen molar-refractivity contribution in [2.75, 3.05) is 11.6 Å². The zero-order chi connectivity index (χ0) is 25.1. The number of amides is 2. The lowest BCUT2D eigenvalue weighted by atomic mass is 9.98. The molecule has 0 unspecified atom stereocenters. The van der Waals surface area contributed by atoms with Gasteiger partial charge in [0.25, 0.3) is 0 Å². The minimum absolute atomic E-state index is 0.163. The highest BCUT2D eigenvalue weighted by molar-refractivity contribution is 7.88. The summed E-state index contributed by atoms with van der Waals surface area (Å²) in [7, 11) is -3.44. The first-order valence-corrected chi connectivity index (χ1v) is 13.4. The van der Waals surface area contributed by atoms with Crippen LogP contribution < -0.4 is 15.4 Å². The Morgan fingerprint density at radius 3 is 2.50 bits per heavy atom. The van der Waals surface area contributed by atoms with Crippen molar-refractivity contribution < 1.29 is 17.6 Å². The Hall–Kier alpha value is -2.53. The number of nitrogens with zero attached hydrogens (tertiary/aromatic N) is 1. The Kier molecular flexibility index (Phi) is 7.97. The molecule has 0 aliphatic heterocycles. The fraction of sp³-hybridized carbons (Fsp3) is 0.304. The van der Waals surface area contributed by atoms with Gasteiger partial charge >= 0.3 is 6.03 Å². The lowest BCUT2D eigenvalue weighted by molar-refractivity contribution is 0.252. The molecule has 2 amide bonds. The maximum atomic E-state index is 14.3. The SMILES string of the molecule is CC(C)(C)c1nc(-c2cccc(Cl)c2)c(CNC(=O)Nc2ccc(CNS(C)(=O)=O)c(F)c2)s1. The van der Waals surface area contributed by atoms with E-state index in [-0.39, 0.29) is 29.8 Å². The molecule has 7 nitrogen and oxygen atoms in total. The molecule has 1 heterocycles. The summed E-state index contributed by atoms with van der Waals surface area (Å²) < 4.78 is 38.9. The minimum Gasteiger partial charge on any atom is -0.333 e. The predicted molar refractivity (Wildman–Crippen MR) is 135 cm³/mol. The average molecular weight is 525 g/mol. The fourth-order valence-corrected chi connectivity index (χ4v) is 4.66. The molecular weight excluding hydrogens is 499 g/mol. The van der Waals surface area contributed by atoms with Gasteiger partial charge in [-0.15, -0.1) is 11.3 Å². The predicted octanol–water partition coefficient (Wildman–Crippen LogP) is 5.27. The van der Waals surface area contributed by atoms with Crippen LogP contribution in [-0.4, -0.2) is 25.7 Å². The van der Waals surface area contributed by atoms with Crippen LogP contribution in [0.1, 0.15) is 36.2 Å². The highest BCUT2D eigenvalue weighted by Crippen LogP contribution is 2.35. The van der Waals surface area contributed by atoms with Gasteiger partial charge in [-0.25, -0.2) is 27.3 Å². The Bertz CT molecular complexity index is 1300. The van der Waals surface area contributed by atoms with E-state index < -0.39 is 21.9 Å².